The Kier molecular flexibility index (Phi) is 5.16. The average molecular weight is 254 g/mol. The van der Waals surface area contributed by atoms with Crippen LogP contribution in [-0.4, -0.2) is 24.5 Å². The van der Waals surface area contributed by atoms with E-state index in [1.165, 1.54) is 0 Å². The molecule has 0 aliphatic heterocycles. The molecule has 6 heteroatoms. The number of carbonyl (C=O) groups excluding carboxylic acids is 1. The molecule has 0 radical (unpaired) electrons. The van der Waals surface area contributed by atoms with Gasteiger partial charge in [0.15, 0.2) is 5.71 Å². The maximum atomic E-state index is 11.3. The Labute approximate surface area is 104 Å². The van der Waals surface area contributed by atoms with Gasteiger partial charge in [0.1, 0.15) is 0 Å². The van der Waals surface area contributed by atoms with Crippen molar-refractivity contribution in [3.05, 3.63) is 29.3 Å². The first-order chi connectivity index (χ1) is 8.19. The monoisotopic (exact) mass is 253 g/mol. The summed E-state index contributed by atoms with van der Waals surface area (Å²) in [5, 5.41) is 11.3. The lowest BCUT2D eigenvalue weighted by Gasteiger charge is -2.04. The molecule has 0 bridgehead atoms. The van der Waals surface area contributed by atoms with Crippen LogP contribution in [0.2, 0.25) is 5.02 Å². The molecule has 0 unspecified atom stereocenters. The van der Waals surface area contributed by atoms with Gasteiger partial charge in [-0.2, -0.15) is 5.10 Å². The van der Waals surface area contributed by atoms with Crippen molar-refractivity contribution >= 4 is 35.2 Å². The van der Waals surface area contributed by atoms with E-state index in [9.17, 15) is 4.79 Å². The first kappa shape index (κ1) is 13.2. The van der Waals surface area contributed by atoms with E-state index in [1.54, 1.807) is 31.2 Å². The van der Waals surface area contributed by atoms with Crippen molar-refractivity contribution in [2.75, 3.05) is 12.0 Å². The number of hydrogen-bond donors (Lipinski definition) is 2. The van der Waals surface area contributed by atoms with Crippen LogP contribution in [0.3, 0.4) is 0 Å². The van der Waals surface area contributed by atoms with Gasteiger partial charge >= 0.3 is 5.97 Å². The first-order valence-corrected chi connectivity index (χ1v) is 5.32. The lowest BCUT2D eigenvalue weighted by atomic mass is 10.3. The third-order valence-corrected chi connectivity index (χ3v) is 2.12. The minimum Gasteiger partial charge on any atom is -0.461 e. The fourth-order valence-electron chi connectivity index (χ4n) is 1.01. The predicted octanol–water partition coefficient (Wildman–Crippen LogP) is 2.32. The van der Waals surface area contributed by atoms with Crippen molar-refractivity contribution in [3.8, 4) is 0 Å². The highest BCUT2D eigenvalue weighted by atomic mass is 35.5. The number of rotatable bonds is 5. The number of benzene rings is 1. The van der Waals surface area contributed by atoms with Gasteiger partial charge in [-0.3, -0.25) is 5.43 Å². The minimum absolute atomic E-state index is 0.119. The van der Waals surface area contributed by atoms with Gasteiger partial charge in [-0.1, -0.05) is 23.7 Å². The lowest BCUT2D eigenvalue weighted by molar-refractivity contribution is -0.134. The van der Waals surface area contributed by atoms with Crippen LogP contribution in [0.15, 0.2) is 29.4 Å². The van der Waals surface area contributed by atoms with E-state index < -0.39 is 5.97 Å². The standard InChI is InChI=1S/C11H12ClN3O2/c1-2-17-11(16)10(7-13)15-14-9-6-4-3-5-8(9)12/h3-7,13-14H,2H2,1H3/b13-7?,15-10+. The molecule has 0 aromatic heterocycles. The topological polar surface area (TPSA) is 74.5 Å². The fourth-order valence-corrected chi connectivity index (χ4v) is 1.19. The number of anilines is 1. The molecular formula is C11H12ClN3O2. The number of para-hydroxylation sites is 1. The van der Waals surface area contributed by atoms with Crippen molar-refractivity contribution in [2.45, 2.75) is 6.92 Å². The predicted molar refractivity (Wildman–Crippen MR) is 67.9 cm³/mol. The van der Waals surface area contributed by atoms with Crippen LogP contribution in [0.1, 0.15) is 6.92 Å². The molecular weight excluding hydrogens is 242 g/mol. The van der Waals surface area contributed by atoms with Gasteiger partial charge in [-0.05, 0) is 19.1 Å². The molecule has 1 rings (SSSR count). The van der Waals surface area contributed by atoms with E-state index in [0.29, 0.717) is 10.7 Å². The summed E-state index contributed by atoms with van der Waals surface area (Å²) >= 11 is 5.89. The van der Waals surface area contributed by atoms with Crippen molar-refractivity contribution in [3.63, 3.8) is 0 Å². The summed E-state index contributed by atoms with van der Waals surface area (Å²) in [5.74, 6) is -0.651. The quantitative estimate of drug-likeness (QED) is 0.480. The number of nitrogens with one attached hydrogen (secondary N) is 2. The Hall–Kier alpha value is -1.88. The summed E-state index contributed by atoms with van der Waals surface area (Å²) in [7, 11) is 0. The Morgan fingerprint density at radius 3 is 2.88 bits per heavy atom. The van der Waals surface area contributed by atoms with Crippen molar-refractivity contribution < 1.29 is 9.53 Å². The zero-order chi connectivity index (χ0) is 12.7. The Bertz CT molecular complexity index is 446. The van der Waals surface area contributed by atoms with E-state index >= 15 is 0 Å². The van der Waals surface area contributed by atoms with Gasteiger partial charge in [0.2, 0.25) is 0 Å². The van der Waals surface area contributed by atoms with Gasteiger partial charge in [0.25, 0.3) is 0 Å². The summed E-state index contributed by atoms with van der Waals surface area (Å²) in [5.41, 5.74) is 3.04. The van der Waals surface area contributed by atoms with Gasteiger partial charge in [0, 0.05) is 0 Å². The van der Waals surface area contributed by atoms with Crippen LogP contribution in [0, 0.1) is 5.41 Å². The van der Waals surface area contributed by atoms with E-state index in [0.717, 1.165) is 6.21 Å². The van der Waals surface area contributed by atoms with Crippen LogP contribution in [-0.2, 0) is 9.53 Å². The molecule has 2 N–H and O–H groups in total. The molecule has 5 nitrogen and oxygen atoms in total. The van der Waals surface area contributed by atoms with Crippen LogP contribution in [0.25, 0.3) is 0 Å². The summed E-state index contributed by atoms with van der Waals surface area (Å²) in [6.45, 7) is 1.92. The summed E-state index contributed by atoms with van der Waals surface area (Å²) < 4.78 is 4.72. The van der Waals surface area contributed by atoms with Crippen molar-refractivity contribution in [2.24, 2.45) is 5.10 Å². The zero-order valence-electron chi connectivity index (χ0n) is 9.24. The third kappa shape index (κ3) is 3.88. The molecule has 0 aliphatic carbocycles. The number of carbonyl (C=O) groups is 1. The number of hydrogen-bond acceptors (Lipinski definition) is 5. The largest absolute Gasteiger partial charge is 0.461 e. The molecule has 0 heterocycles. The van der Waals surface area contributed by atoms with Crippen LogP contribution in [0.4, 0.5) is 5.69 Å². The number of nitrogens with zero attached hydrogens (tertiary/aromatic N) is 1. The molecule has 0 amide bonds. The Morgan fingerprint density at radius 1 is 1.59 bits per heavy atom. The average Bonchev–Trinajstić information content (AvgIpc) is 2.32. The Balaban J connectivity index is 2.78. The minimum atomic E-state index is -0.651. The van der Waals surface area contributed by atoms with Crippen molar-refractivity contribution in [1.82, 2.24) is 0 Å². The molecule has 0 fully saturated rings. The second kappa shape index (κ2) is 6.65. The second-order valence-electron chi connectivity index (χ2n) is 2.95. The van der Waals surface area contributed by atoms with Crippen molar-refractivity contribution in [1.29, 1.82) is 5.41 Å². The highest BCUT2D eigenvalue weighted by Crippen LogP contribution is 2.20. The molecule has 1 aromatic carbocycles. The molecule has 0 spiro atoms. The normalized spacial score (nSPS) is 10.8. The zero-order valence-corrected chi connectivity index (χ0v) is 9.99. The van der Waals surface area contributed by atoms with Crippen LogP contribution >= 0.6 is 11.6 Å². The Morgan fingerprint density at radius 2 is 2.29 bits per heavy atom. The lowest BCUT2D eigenvalue weighted by Crippen LogP contribution is -2.19. The third-order valence-electron chi connectivity index (χ3n) is 1.79. The summed E-state index contributed by atoms with van der Waals surface area (Å²) in [4.78, 5) is 11.3. The maximum absolute atomic E-state index is 11.3. The number of hydrazone groups is 1. The van der Waals surface area contributed by atoms with E-state index in [-0.39, 0.29) is 12.3 Å². The molecule has 0 aliphatic rings. The molecule has 0 atom stereocenters. The maximum Gasteiger partial charge on any atom is 0.360 e. The first-order valence-electron chi connectivity index (χ1n) is 4.94. The number of ether oxygens (including phenoxy) is 1. The van der Waals surface area contributed by atoms with Gasteiger partial charge < -0.3 is 10.1 Å². The van der Waals surface area contributed by atoms with Gasteiger partial charge in [0.05, 0.1) is 23.5 Å². The molecule has 17 heavy (non-hydrogen) atoms. The smallest absolute Gasteiger partial charge is 0.360 e. The van der Waals surface area contributed by atoms with Gasteiger partial charge in [-0.15, -0.1) is 0 Å². The molecule has 90 valence electrons. The van der Waals surface area contributed by atoms with E-state index in [1.807, 2.05) is 0 Å². The highest BCUT2D eigenvalue weighted by molar-refractivity contribution is 6.58. The molecule has 0 saturated heterocycles. The van der Waals surface area contributed by atoms with Crippen LogP contribution in [0.5, 0.6) is 0 Å². The summed E-state index contributed by atoms with van der Waals surface area (Å²) in [6, 6.07) is 6.95. The SMILES string of the molecule is CCOC(=O)/C(C=N)=N/Nc1ccccc1Cl. The highest BCUT2D eigenvalue weighted by Gasteiger charge is 2.09. The summed E-state index contributed by atoms with van der Waals surface area (Å²) in [6.07, 6.45) is 0.821. The molecule has 0 saturated carbocycles. The van der Waals surface area contributed by atoms with E-state index in [4.69, 9.17) is 21.7 Å². The van der Waals surface area contributed by atoms with Gasteiger partial charge in [-0.25, -0.2) is 4.79 Å². The van der Waals surface area contributed by atoms with Crippen LogP contribution < -0.4 is 5.43 Å². The molecule has 1 aromatic rings. The fraction of sp³-hybridized carbons (Fsp3) is 0.182. The number of esters is 1. The van der Waals surface area contributed by atoms with E-state index in [2.05, 4.69) is 10.5 Å². The number of halogens is 1. The second-order valence-corrected chi connectivity index (χ2v) is 3.36.